The van der Waals surface area contributed by atoms with Crippen LogP contribution in [0.3, 0.4) is 0 Å². The predicted octanol–water partition coefficient (Wildman–Crippen LogP) is 16.1. The number of carbonyl (C=O) groups excluding carboxylic acids is 2. The van der Waals surface area contributed by atoms with Gasteiger partial charge in [0.25, 0.3) is 0 Å². The maximum atomic E-state index is 13.2. The zero-order valence-electron chi connectivity index (χ0n) is 40.8. The Morgan fingerprint density at radius 2 is 0.836 bits per heavy atom. The quantitative estimate of drug-likeness (QED) is 0.0322. The van der Waals surface area contributed by atoms with Crippen molar-refractivity contribution < 1.29 is 24.5 Å². The van der Waals surface area contributed by atoms with Crippen molar-refractivity contribution in [3.05, 3.63) is 36.5 Å². The van der Waals surface area contributed by atoms with Crippen molar-refractivity contribution in [3.63, 3.8) is 0 Å². The van der Waals surface area contributed by atoms with Gasteiger partial charge in [0, 0.05) is 6.42 Å². The van der Waals surface area contributed by atoms with Crippen molar-refractivity contribution >= 4 is 11.9 Å². The third kappa shape index (κ3) is 44.5. The fraction of sp³-hybridized carbons (Fsp3) is 0.855. The Balaban J connectivity index is 4.61. The van der Waals surface area contributed by atoms with Gasteiger partial charge in [0.15, 0.2) is 0 Å². The smallest absolute Gasteiger partial charge is 0.306 e. The van der Waals surface area contributed by atoms with E-state index in [-0.39, 0.29) is 24.9 Å². The molecule has 0 aliphatic rings. The number of amides is 1. The number of carbonyl (C=O) groups is 2. The van der Waals surface area contributed by atoms with E-state index in [0.29, 0.717) is 19.3 Å². The van der Waals surface area contributed by atoms with Gasteiger partial charge in [-0.2, -0.15) is 0 Å². The standard InChI is InChI=1S/C55H103NO5/c1-4-7-10-13-16-19-22-25-26-27-28-30-31-34-37-40-43-46-51(61-55(60)48-45-42-39-36-33-24-21-18-15-12-9-6-3)49-54(59)56-52(50-57)53(58)47-44-41-38-35-32-29-23-20-17-14-11-8-5-2/h16,19,25-26,28,30,51-53,57-58H,4-15,17-18,20-24,27,29,31-50H2,1-3H3,(H,56,59)/b19-16-,26-25-,30-28-. The van der Waals surface area contributed by atoms with E-state index in [4.69, 9.17) is 4.74 Å². The Bertz CT molecular complexity index is 1010. The first-order chi connectivity index (χ1) is 30.0. The Labute approximate surface area is 379 Å². The first kappa shape index (κ1) is 59.1. The van der Waals surface area contributed by atoms with Gasteiger partial charge < -0.3 is 20.3 Å². The maximum absolute atomic E-state index is 13.2. The van der Waals surface area contributed by atoms with Crippen LogP contribution in [0.2, 0.25) is 0 Å². The first-order valence-electron chi connectivity index (χ1n) is 26.7. The fourth-order valence-corrected chi connectivity index (χ4v) is 8.14. The van der Waals surface area contributed by atoms with Gasteiger partial charge in [-0.25, -0.2) is 0 Å². The molecule has 0 aliphatic heterocycles. The summed E-state index contributed by atoms with van der Waals surface area (Å²) in [6.07, 6.45) is 57.7. The molecular formula is C55H103NO5. The molecule has 0 aromatic carbocycles. The molecule has 0 saturated carbocycles. The highest BCUT2D eigenvalue weighted by Gasteiger charge is 2.24. The molecule has 0 radical (unpaired) electrons. The van der Waals surface area contributed by atoms with Crippen LogP contribution < -0.4 is 5.32 Å². The summed E-state index contributed by atoms with van der Waals surface area (Å²) in [5, 5.41) is 23.8. The van der Waals surface area contributed by atoms with E-state index < -0.39 is 18.2 Å². The Morgan fingerprint density at radius 3 is 1.30 bits per heavy atom. The topological polar surface area (TPSA) is 95.9 Å². The summed E-state index contributed by atoms with van der Waals surface area (Å²) < 4.78 is 5.93. The third-order valence-electron chi connectivity index (χ3n) is 12.2. The normalized spacial score (nSPS) is 13.5. The molecule has 0 saturated heterocycles. The second-order valence-electron chi connectivity index (χ2n) is 18.3. The lowest BCUT2D eigenvalue weighted by Crippen LogP contribution is -2.46. The molecule has 0 aromatic heterocycles. The van der Waals surface area contributed by atoms with Crippen molar-refractivity contribution in [3.8, 4) is 0 Å². The number of nitrogens with one attached hydrogen (secondary N) is 1. The molecule has 0 aromatic rings. The van der Waals surface area contributed by atoms with E-state index in [0.717, 1.165) is 83.5 Å². The Morgan fingerprint density at radius 1 is 0.475 bits per heavy atom. The Kier molecular flexibility index (Phi) is 47.6. The average Bonchev–Trinajstić information content (AvgIpc) is 3.25. The molecule has 3 N–H and O–H groups in total. The van der Waals surface area contributed by atoms with Crippen LogP contribution in [0.25, 0.3) is 0 Å². The van der Waals surface area contributed by atoms with Crippen molar-refractivity contribution in [1.29, 1.82) is 0 Å². The van der Waals surface area contributed by atoms with Crippen LogP contribution >= 0.6 is 0 Å². The van der Waals surface area contributed by atoms with Gasteiger partial charge in [-0.15, -0.1) is 0 Å². The number of hydrogen-bond acceptors (Lipinski definition) is 5. The Hall–Kier alpha value is -1.92. The fourth-order valence-electron chi connectivity index (χ4n) is 8.14. The molecule has 0 heterocycles. The van der Waals surface area contributed by atoms with E-state index in [1.54, 1.807) is 0 Å². The molecule has 0 spiro atoms. The zero-order valence-corrected chi connectivity index (χ0v) is 40.8. The van der Waals surface area contributed by atoms with Gasteiger partial charge in [-0.3, -0.25) is 9.59 Å². The van der Waals surface area contributed by atoms with Crippen molar-refractivity contribution in [1.82, 2.24) is 5.32 Å². The molecule has 1 amide bonds. The minimum absolute atomic E-state index is 0.0665. The number of aliphatic hydroxyl groups excluding tert-OH is 2. The van der Waals surface area contributed by atoms with Crippen LogP contribution in [0.15, 0.2) is 36.5 Å². The monoisotopic (exact) mass is 858 g/mol. The van der Waals surface area contributed by atoms with Crippen molar-refractivity contribution in [2.75, 3.05) is 6.61 Å². The number of allylic oxidation sites excluding steroid dienone is 6. The van der Waals surface area contributed by atoms with E-state index in [9.17, 15) is 19.8 Å². The highest BCUT2D eigenvalue weighted by molar-refractivity contribution is 5.77. The lowest BCUT2D eigenvalue weighted by Gasteiger charge is -2.24. The first-order valence-corrected chi connectivity index (χ1v) is 26.7. The van der Waals surface area contributed by atoms with Crippen LogP contribution in [0.4, 0.5) is 0 Å². The molecule has 0 aliphatic carbocycles. The highest BCUT2D eigenvalue weighted by Crippen LogP contribution is 2.18. The number of hydrogen-bond donors (Lipinski definition) is 3. The van der Waals surface area contributed by atoms with Crippen LogP contribution in [-0.4, -0.2) is 46.9 Å². The molecule has 3 atom stereocenters. The molecule has 0 rings (SSSR count). The summed E-state index contributed by atoms with van der Waals surface area (Å²) in [5.41, 5.74) is 0. The molecular weight excluding hydrogens is 755 g/mol. The number of esters is 1. The number of aliphatic hydroxyl groups is 2. The van der Waals surface area contributed by atoms with Crippen LogP contribution in [0.1, 0.15) is 278 Å². The predicted molar refractivity (Wildman–Crippen MR) is 264 cm³/mol. The van der Waals surface area contributed by atoms with Gasteiger partial charge in [-0.1, -0.05) is 237 Å². The zero-order chi connectivity index (χ0) is 44.5. The largest absolute Gasteiger partial charge is 0.462 e. The summed E-state index contributed by atoms with van der Waals surface area (Å²) in [6.45, 7) is 6.46. The van der Waals surface area contributed by atoms with E-state index >= 15 is 0 Å². The molecule has 6 nitrogen and oxygen atoms in total. The summed E-state index contributed by atoms with van der Waals surface area (Å²) in [5.74, 6) is -0.484. The summed E-state index contributed by atoms with van der Waals surface area (Å²) >= 11 is 0. The molecule has 3 unspecified atom stereocenters. The van der Waals surface area contributed by atoms with E-state index in [1.165, 1.54) is 148 Å². The number of unbranched alkanes of at least 4 members (excludes halogenated alkanes) is 30. The van der Waals surface area contributed by atoms with Crippen LogP contribution in [-0.2, 0) is 14.3 Å². The molecule has 6 heteroatoms. The van der Waals surface area contributed by atoms with Crippen molar-refractivity contribution in [2.24, 2.45) is 0 Å². The summed E-state index contributed by atoms with van der Waals surface area (Å²) in [6, 6.07) is -0.706. The third-order valence-corrected chi connectivity index (χ3v) is 12.2. The van der Waals surface area contributed by atoms with Gasteiger partial charge >= 0.3 is 5.97 Å². The maximum Gasteiger partial charge on any atom is 0.306 e. The molecule has 0 bridgehead atoms. The summed E-state index contributed by atoms with van der Waals surface area (Å²) in [7, 11) is 0. The molecule has 358 valence electrons. The molecule has 0 fully saturated rings. The minimum atomic E-state index is -0.791. The second kappa shape index (κ2) is 49.1. The second-order valence-corrected chi connectivity index (χ2v) is 18.3. The van der Waals surface area contributed by atoms with Gasteiger partial charge in [0.1, 0.15) is 6.10 Å². The lowest BCUT2D eigenvalue weighted by atomic mass is 10.0. The lowest BCUT2D eigenvalue weighted by molar-refractivity contribution is -0.151. The van der Waals surface area contributed by atoms with Crippen molar-refractivity contribution in [2.45, 2.75) is 296 Å². The highest BCUT2D eigenvalue weighted by atomic mass is 16.5. The molecule has 61 heavy (non-hydrogen) atoms. The van der Waals surface area contributed by atoms with Gasteiger partial charge in [-0.05, 0) is 64.2 Å². The van der Waals surface area contributed by atoms with E-state index in [1.807, 2.05) is 0 Å². The van der Waals surface area contributed by atoms with Gasteiger partial charge in [0.2, 0.25) is 5.91 Å². The average molecular weight is 858 g/mol. The summed E-state index contributed by atoms with van der Waals surface area (Å²) in [4.78, 5) is 26.2. The van der Waals surface area contributed by atoms with Crippen LogP contribution in [0, 0.1) is 0 Å². The number of rotatable bonds is 48. The SMILES string of the molecule is CCCCC/C=C\C/C=C\C/C=C\CCCCCCC(CC(=O)NC(CO)C(O)CCCCCCCCCCCCCCC)OC(=O)CCCCCCCCCCCCCC. The minimum Gasteiger partial charge on any atom is -0.462 e. The number of ether oxygens (including phenoxy) is 1. The van der Waals surface area contributed by atoms with Gasteiger partial charge in [0.05, 0.1) is 25.2 Å². The van der Waals surface area contributed by atoms with E-state index in [2.05, 4.69) is 62.5 Å². The van der Waals surface area contributed by atoms with Crippen LogP contribution in [0.5, 0.6) is 0 Å².